The molecule has 0 atom stereocenters. The second kappa shape index (κ2) is 5.40. The molecule has 0 unspecified atom stereocenters. The van der Waals surface area contributed by atoms with Crippen molar-refractivity contribution in [1.29, 1.82) is 0 Å². The van der Waals surface area contributed by atoms with Gasteiger partial charge in [-0.2, -0.15) is 0 Å². The van der Waals surface area contributed by atoms with Crippen LogP contribution in [0.4, 0.5) is 0 Å². The van der Waals surface area contributed by atoms with Crippen molar-refractivity contribution in [2.75, 3.05) is 6.61 Å². The SMILES string of the molecule is O=C(O)c1cccc(CCCCO)c1. The predicted octanol–water partition coefficient (Wildman–Crippen LogP) is 1.70. The molecule has 1 rings (SSSR count). The zero-order valence-electron chi connectivity index (χ0n) is 7.94. The Bertz CT molecular complexity index is 307. The van der Waals surface area contributed by atoms with Crippen LogP contribution in [0.1, 0.15) is 28.8 Å². The van der Waals surface area contributed by atoms with Crippen molar-refractivity contribution < 1.29 is 15.0 Å². The van der Waals surface area contributed by atoms with Gasteiger partial charge in [-0.25, -0.2) is 4.79 Å². The molecule has 76 valence electrons. The molecule has 0 aliphatic rings. The molecule has 14 heavy (non-hydrogen) atoms. The first-order chi connectivity index (χ1) is 6.74. The Labute approximate surface area is 83.0 Å². The molecule has 0 heterocycles. The third-order valence-corrected chi connectivity index (χ3v) is 2.05. The van der Waals surface area contributed by atoms with Gasteiger partial charge in [-0.1, -0.05) is 12.1 Å². The first kappa shape index (κ1) is 10.7. The maximum absolute atomic E-state index is 10.6. The fourth-order valence-corrected chi connectivity index (χ4v) is 1.30. The van der Waals surface area contributed by atoms with Crippen molar-refractivity contribution in [1.82, 2.24) is 0 Å². The van der Waals surface area contributed by atoms with Crippen LogP contribution in [0.15, 0.2) is 24.3 Å². The highest BCUT2D eigenvalue weighted by molar-refractivity contribution is 5.87. The summed E-state index contributed by atoms with van der Waals surface area (Å²) in [6, 6.07) is 6.92. The summed E-state index contributed by atoms with van der Waals surface area (Å²) in [4.78, 5) is 10.6. The quantitative estimate of drug-likeness (QED) is 0.701. The van der Waals surface area contributed by atoms with Crippen LogP contribution in [0.2, 0.25) is 0 Å². The summed E-state index contributed by atoms with van der Waals surface area (Å²) in [5.41, 5.74) is 1.34. The molecule has 1 aromatic rings. The average molecular weight is 194 g/mol. The van der Waals surface area contributed by atoms with Crippen LogP contribution in [-0.2, 0) is 6.42 Å². The van der Waals surface area contributed by atoms with E-state index in [1.54, 1.807) is 18.2 Å². The smallest absolute Gasteiger partial charge is 0.335 e. The third-order valence-electron chi connectivity index (χ3n) is 2.05. The number of aromatic carboxylic acids is 1. The van der Waals surface area contributed by atoms with Crippen molar-refractivity contribution in [2.45, 2.75) is 19.3 Å². The molecule has 0 aliphatic heterocycles. The fourth-order valence-electron chi connectivity index (χ4n) is 1.30. The summed E-state index contributed by atoms with van der Waals surface area (Å²) in [6.07, 6.45) is 2.47. The summed E-state index contributed by atoms with van der Waals surface area (Å²) >= 11 is 0. The van der Waals surface area contributed by atoms with E-state index in [1.807, 2.05) is 6.07 Å². The molecule has 0 saturated carbocycles. The van der Waals surface area contributed by atoms with Gasteiger partial charge in [0.15, 0.2) is 0 Å². The number of carboxylic acids is 1. The van der Waals surface area contributed by atoms with Gasteiger partial charge < -0.3 is 10.2 Å². The lowest BCUT2D eigenvalue weighted by Crippen LogP contribution is -1.97. The summed E-state index contributed by atoms with van der Waals surface area (Å²) in [6.45, 7) is 0.193. The zero-order valence-corrected chi connectivity index (χ0v) is 7.94. The zero-order chi connectivity index (χ0) is 10.4. The van der Waals surface area contributed by atoms with Crippen molar-refractivity contribution >= 4 is 5.97 Å². The van der Waals surface area contributed by atoms with Crippen LogP contribution in [0.3, 0.4) is 0 Å². The van der Waals surface area contributed by atoms with E-state index in [9.17, 15) is 4.79 Å². The van der Waals surface area contributed by atoms with E-state index in [0.717, 1.165) is 24.8 Å². The van der Waals surface area contributed by atoms with Crippen LogP contribution < -0.4 is 0 Å². The van der Waals surface area contributed by atoms with Gasteiger partial charge in [0.1, 0.15) is 0 Å². The van der Waals surface area contributed by atoms with Crippen LogP contribution in [-0.4, -0.2) is 22.8 Å². The summed E-state index contributed by atoms with van der Waals surface area (Å²) in [5, 5.41) is 17.3. The minimum absolute atomic E-state index is 0.193. The number of aryl methyl sites for hydroxylation is 1. The second-order valence-corrected chi connectivity index (χ2v) is 3.19. The number of hydrogen-bond acceptors (Lipinski definition) is 2. The maximum Gasteiger partial charge on any atom is 0.335 e. The van der Waals surface area contributed by atoms with Gasteiger partial charge >= 0.3 is 5.97 Å². The molecule has 0 spiro atoms. The molecule has 0 aromatic heterocycles. The van der Waals surface area contributed by atoms with E-state index in [1.165, 1.54) is 0 Å². The molecular formula is C11H14O3. The lowest BCUT2D eigenvalue weighted by molar-refractivity contribution is 0.0696. The topological polar surface area (TPSA) is 57.5 Å². The average Bonchev–Trinajstić information content (AvgIpc) is 2.19. The van der Waals surface area contributed by atoms with E-state index in [-0.39, 0.29) is 6.61 Å². The molecule has 0 radical (unpaired) electrons. The van der Waals surface area contributed by atoms with Gasteiger partial charge in [0, 0.05) is 6.61 Å². The number of carbonyl (C=O) groups is 1. The summed E-state index contributed by atoms with van der Waals surface area (Å²) in [5.74, 6) is -0.894. The maximum atomic E-state index is 10.6. The van der Waals surface area contributed by atoms with Gasteiger partial charge in [-0.3, -0.25) is 0 Å². The minimum atomic E-state index is -0.894. The monoisotopic (exact) mass is 194 g/mol. The van der Waals surface area contributed by atoms with Crippen molar-refractivity contribution in [3.63, 3.8) is 0 Å². The molecule has 0 bridgehead atoms. The number of unbranched alkanes of at least 4 members (excludes halogenated alkanes) is 1. The number of aliphatic hydroxyl groups excluding tert-OH is 1. The third kappa shape index (κ3) is 3.18. The molecule has 0 fully saturated rings. The highest BCUT2D eigenvalue weighted by Crippen LogP contribution is 2.08. The van der Waals surface area contributed by atoms with Gasteiger partial charge in [0.2, 0.25) is 0 Å². The van der Waals surface area contributed by atoms with Gasteiger partial charge in [0.25, 0.3) is 0 Å². The molecule has 0 aliphatic carbocycles. The number of aliphatic hydroxyl groups is 1. The van der Waals surface area contributed by atoms with Gasteiger partial charge in [-0.05, 0) is 37.0 Å². The summed E-state index contributed by atoms with van der Waals surface area (Å²) in [7, 11) is 0. The van der Waals surface area contributed by atoms with E-state index in [4.69, 9.17) is 10.2 Å². The molecule has 0 saturated heterocycles. The Hall–Kier alpha value is -1.35. The van der Waals surface area contributed by atoms with E-state index >= 15 is 0 Å². The lowest BCUT2D eigenvalue weighted by atomic mass is 10.1. The Morgan fingerprint density at radius 2 is 2.07 bits per heavy atom. The van der Waals surface area contributed by atoms with Gasteiger partial charge in [-0.15, -0.1) is 0 Å². The van der Waals surface area contributed by atoms with Crippen LogP contribution >= 0.6 is 0 Å². The molecular weight excluding hydrogens is 180 g/mol. The lowest BCUT2D eigenvalue weighted by Gasteiger charge is -2.01. The second-order valence-electron chi connectivity index (χ2n) is 3.19. The first-order valence-electron chi connectivity index (χ1n) is 4.67. The van der Waals surface area contributed by atoms with Crippen LogP contribution in [0.5, 0.6) is 0 Å². The van der Waals surface area contributed by atoms with Crippen LogP contribution in [0, 0.1) is 0 Å². The number of benzene rings is 1. The molecule has 1 aromatic carbocycles. The number of rotatable bonds is 5. The molecule has 0 amide bonds. The van der Waals surface area contributed by atoms with Crippen molar-refractivity contribution in [3.05, 3.63) is 35.4 Å². The number of carboxylic acid groups (broad SMARTS) is 1. The van der Waals surface area contributed by atoms with Crippen LogP contribution in [0.25, 0.3) is 0 Å². The van der Waals surface area contributed by atoms with Gasteiger partial charge in [0.05, 0.1) is 5.56 Å². The Morgan fingerprint density at radius 1 is 1.29 bits per heavy atom. The Balaban J connectivity index is 2.59. The van der Waals surface area contributed by atoms with Crippen molar-refractivity contribution in [3.8, 4) is 0 Å². The highest BCUT2D eigenvalue weighted by Gasteiger charge is 2.02. The fraction of sp³-hybridized carbons (Fsp3) is 0.364. The highest BCUT2D eigenvalue weighted by atomic mass is 16.4. The summed E-state index contributed by atoms with van der Waals surface area (Å²) < 4.78 is 0. The standard InChI is InChI=1S/C11H14O3/c12-7-2-1-4-9-5-3-6-10(8-9)11(13)14/h3,5-6,8,12H,1-2,4,7H2,(H,13,14). The van der Waals surface area contributed by atoms with Crippen molar-refractivity contribution in [2.24, 2.45) is 0 Å². The predicted molar refractivity (Wildman–Crippen MR) is 53.4 cm³/mol. The molecule has 3 heteroatoms. The normalized spacial score (nSPS) is 10.1. The first-order valence-corrected chi connectivity index (χ1v) is 4.67. The largest absolute Gasteiger partial charge is 0.478 e. The number of hydrogen-bond donors (Lipinski definition) is 2. The van der Waals surface area contributed by atoms with E-state index in [2.05, 4.69) is 0 Å². The Kier molecular flexibility index (Phi) is 4.13. The van der Waals surface area contributed by atoms with E-state index in [0.29, 0.717) is 5.56 Å². The minimum Gasteiger partial charge on any atom is -0.478 e. The molecule has 2 N–H and O–H groups in total. The van der Waals surface area contributed by atoms with E-state index < -0.39 is 5.97 Å². The Morgan fingerprint density at radius 3 is 2.71 bits per heavy atom. The molecule has 3 nitrogen and oxygen atoms in total.